The molecule has 0 spiro atoms. The molecule has 0 saturated heterocycles. The number of nitrogens with zero attached hydrogens (tertiary/aromatic N) is 1. The van der Waals surface area contributed by atoms with Crippen molar-refractivity contribution < 1.29 is 19.1 Å². The third-order valence-electron chi connectivity index (χ3n) is 4.08. The van der Waals surface area contributed by atoms with Gasteiger partial charge in [-0.2, -0.15) is 0 Å². The van der Waals surface area contributed by atoms with Crippen LogP contribution in [-0.2, 0) is 16.1 Å². The minimum absolute atomic E-state index is 0.153. The largest absolute Gasteiger partial charge is 0.497 e. The van der Waals surface area contributed by atoms with Gasteiger partial charge in [0.2, 0.25) is 0 Å². The number of benzene rings is 2. The molecular formula is C19H19NO4. The summed E-state index contributed by atoms with van der Waals surface area (Å²) >= 11 is 0. The van der Waals surface area contributed by atoms with Crippen LogP contribution in [0.2, 0.25) is 0 Å². The SMILES string of the molecule is CCOC(=O)[C@H]1c2ccccc2C(=O)N1Cc1ccc(OC)cc1. The molecule has 5 heteroatoms. The van der Waals surface area contributed by atoms with Crippen LogP contribution in [0, 0.1) is 0 Å². The van der Waals surface area contributed by atoms with Crippen molar-refractivity contribution in [3.05, 3.63) is 65.2 Å². The smallest absolute Gasteiger partial charge is 0.333 e. The minimum atomic E-state index is -0.698. The summed E-state index contributed by atoms with van der Waals surface area (Å²) in [7, 11) is 1.60. The Morgan fingerprint density at radius 1 is 1.12 bits per heavy atom. The minimum Gasteiger partial charge on any atom is -0.497 e. The third kappa shape index (κ3) is 2.85. The quantitative estimate of drug-likeness (QED) is 0.793. The first-order valence-electron chi connectivity index (χ1n) is 7.85. The summed E-state index contributed by atoms with van der Waals surface area (Å²) in [5.41, 5.74) is 2.18. The van der Waals surface area contributed by atoms with Gasteiger partial charge in [-0.25, -0.2) is 4.79 Å². The molecule has 0 bridgehead atoms. The summed E-state index contributed by atoms with van der Waals surface area (Å²) in [5.74, 6) is 0.195. The number of esters is 1. The lowest BCUT2D eigenvalue weighted by molar-refractivity contribution is -0.148. The standard InChI is InChI=1S/C19H19NO4/c1-3-24-19(22)17-15-6-4-5-7-16(15)18(21)20(17)12-13-8-10-14(23-2)11-9-13/h4-11,17H,3,12H2,1-2H3/t17-/m1/s1. The van der Waals surface area contributed by atoms with Crippen molar-refractivity contribution in [1.82, 2.24) is 4.90 Å². The van der Waals surface area contributed by atoms with Gasteiger partial charge in [-0.05, 0) is 36.2 Å². The number of methoxy groups -OCH3 is 1. The molecule has 1 amide bonds. The lowest BCUT2D eigenvalue weighted by atomic mass is 10.0. The van der Waals surface area contributed by atoms with Crippen molar-refractivity contribution >= 4 is 11.9 Å². The third-order valence-corrected chi connectivity index (χ3v) is 4.08. The van der Waals surface area contributed by atoms with Crippen molar-refractivity contribution in [2.75, 3.05) is 13.7 Å². The Morgan fingerprint density at radius 3 is 2.50 bits per heavy atom. The molecule has 0 aliphatic carbocycles. The van der Waals surface area contributed by atoms with Gasteiger partial charge in [-0.15, -0.1) is 0 Å². The van der Waals surface area contributed by atoms with Crippen molar-refractivity contribution in [3.63, 3.8) is 0 Å². The fraction of sp³-hybridized carbons (Fsp3) is 0.263. The number of hydrogen-bond donors (Lipinski definition) is 0. The Kier molecular flexibility index (Phi) is 4.51. The maximum Gasteiger partial charge on any atom is 0.333 e. The molecule has 2 aromatic carbocycles. The van der Waals surface area contributed by atoms with E-state index >= 15 is 0 Å². The summed E-state index contributed by atoms with van der Waals surface area (Å²) < 4.78 is 10.3. The predicted octanol–water partition coefficient (Wildman–Crippen LogP) is 2.96. The van der Waals surface area contributed by atoms with Gasteiger partial charge in [0.05, 0.1) is 13.7 Å². The Balaban J connectivity index is 1.92. The van der Waals surface area contributed by atoms with Crippen LogP contribution in [0.1, 0.15) is 34.5 Å². The van der Waals surface area contributed by atoms with Crippen molar-refractivity contribution in [1.29, 1.82) is 0 Å². The van der Waals surface area contributed by atoms with E-state index in [1.165, 1.54) is 0 Å². The maximum absolute atomic E-state index is 12.7. The second-order valence-corrected chi connectivity index (χ2v) is 5.52. The van der Waals surface area contributed by atoms with E-state index in [1.807, 2.05) is 36.4 Å². The van der Waals surface area contributed by atoms with Gasteiger partial charge in [-0.3, -0.25) is 4.79 Å². The van der Waals surface area contributed by atoms with Crippen LogP contribution in [0.5, 0.6) is 5.75 Å². The Morgan fingerprint density at radius 2 is 1.83 bits per heavy atom. The highest BCUT2D eigenvalue weighted by atomic mass is 16.5. The Bertz CT molecular complexity index is 754. The molecule has 1 aliphatic rings. The number of ether oxygens (including phenoxy) is 2. The predicted molar refractivity (Wildman–Crippen MR) is 88.7 cm³/mol. The molecule has 0 fully saturated rings. The number of amides is 1. The second-order valence-electron chi connectivity index (χ2n) is 5.52. The summed E-state index contributed by atoms with van der Waals surface area (Å²) in [6.07, 6.45) is 0. The topological polar surface area (TPSA) is 55.8 Å². The molecular weight excluding hydrogens is 306 g/mol. The fourth-order valence-corrected chi connectivity index (χ4v) is 2.94. The van der Waals surface area contributed by atoms with Crippen LogP contribution >= 0.6 is 0 Å². The van der Waals surface area contributed by atoms with Crippen LogP contribution in [0.3, 0.4) is 0 Å². The zero-order chi connectivity index (χ0) is 17.1. The number of hydrogen-bond acceptors (Lipinski definition) is 4. The van der Waals surface area contributed by atoms with Crippen molar-refractivity contribution in [2.24, 2.45) is 0 Å². The summed E-state index contributed by atoms with van der Waals surface area (Å²) in [4.78, 5) is 26.7. The lowest BCUT2D eigenvalue weighted by Gasteiger charge is -2.24. The van der Waals surface area contributed by atoms with E-state index in [4.69, 9.17) is 9.47 Å². The van der Waals surface area contributed by atoms with E-state index in [2.05, 4.69) is 0 Å². The van der Waals surface area contributed by atoms with E-state index in [1.54, 1.807) is 31.1 Å². The summed E-state index contributed by atoms with van der Waals surface area (Å²) in [5, 5.41) is 0. The van der Waals surface area contributed by atoms with Gasteiger partial charge in [0.15, 0.2) is 6.04 Å². The van der Waals surface area contributed by atoms with Gasteiger partial charge >= 0.3 is 5.97 Å². The molecule has 0 unspecified atom stereocenters. The first kappa shape index (κ1) is 16.1. The lowest BCUT2D eigenvalue weighted by Crippen LogP contribution is -2.33. The average molecular weight is 325 g/mol. The highest BCUT2D eigenvalue weighted by molar-refractivity contribution is 6.03. The fourth-order valence-electron chi connectivity index (χ4n) is 2.94. The molecule has 1 heterocycles. The number of rotatable bonds is 5. The van der Waals surface area contributed by atoms with Crippen molar-refractivity contribution in [2.45, 2.75) is 19.5 Å². The second kappa shape index (κ2) is 6.74. The molecule has 0 saturated carbocycles. The molecule has 0 aromatic heterocycles. The molecule has 2 aromatic rings. The summed E-state index contributed by atoms with van der Waals surface area (Å²) in [6, 6.07) is 13.9. The number of carbonyl (C=O) groups is 2. The molecule has 1 atom stereocenters. The highest BCUT2D eigenvalue weighted by Gasteiger charge is 2.41. The zero-order valence-electron chi connectivity index (χ0n) is 13.7. The van der Waals surface area contributed by atoms with Crippen LogP contribution in [0.25, 0.3) is 0 Å². The van der Waals surface area contributed by atoms with Crippen molar-refractivity contribution in [3.8, 4) is 5.75 Å². The molecule has 24 heavy (non-hydrogen) atoms. The molecule has 0 N–H and O–H groups in total. The summed E-state index contributed by atoms with van der Waals surface area (Å²) in [6.45, 7) is 2.37. The molecule has 3 rings (SSSR count). The zero-order valence-corrected chi connectivity index (χ0v) is 13.7. The molecule has 1 aliphatic heterocycles. The van der Waals surface area contributed by atoms with Crippen LogP contribution in [0.15, 0.2) is 48.5 Å². The highest BCUT2D eigenvalue weighted by Crippen LogP contribution is 2.35. The van der Waals surface area contributed by atoms with E-state index in [0.29, 0.717) is 17.7 Å². The Labute approximate surface area is 140 Å². The van der Waals surface area contributed by atoms with Gasteiger partial charge in [-0.1, -0.05) is 30.3 Å². The average Bonchev–Trinajstić information content (AvgIpc) is 2.88. The molecule has 0 radical (unpaired) electrons. The normalized spacial score (nSPS) is 16.0. The van der Waals surface area contributed by atoms with E-state index in [0.717, 1.165) is 11.3 Å². The van der Waals surface area contributed by atoms with Crippen LogP contribution < -0.4 is 4.74 Å². The van der Waals surface area contributed by atoms with Crippen LogP contribution in [-0.4, -0.2) is 30.5 Å². The molecule has 124 valence electrons. The molecule has 5 nitrogen and oxygen atoms in total. The van der Waals surface area contributed by atoms with Crippen LogP contribution in [0.4, 0.5) is 0 Å². The van der Waals surface area contributed by atoms with E-state index in [-0.39, 0.29) is 12.5 Å². The monoisotopic (exact) mass is 325 g/mol. The van der Waals surface area contributed by atoms with Gasteiger partial charge in [0.1, 0.15) is 5.75 Å². The number of carbonyl (C=O) groups excluding carboxylic acids is 2. The number of fused-ring (bicyclic) bond motifs is 1. The first-order chi connectivity index (χ1) is 11.7. The maximum atomic E-state index is 12.7. The van der Waals surface area contributed by atoms with Gasteiger partial charge in [0.25, 0.3) is 5.91 Å². The van der Waals surface area contributed by atoms with E-state index in [9.17, 15) is 9.59 Å². The Hall–Kier alpha value is -2.82. The van der Waals surface area contributed by atoms with E-state index < -0.39 is 12.0 Å². The van der Waals surface area contributed by atoms with Gasteiger partial charge < -0.3 is 14.4 Å². The van der Waals surface area contributed by atoms with Gasteiger partial charge in [0, 0.05) is 12.1 Å². The first-order valence-corrected chi connectivity index (χ1v) is 7.85.